The number of carbonyl (C=O) groups excluding carboxylic acids is 1. The largest absolute Gasteiger partial charge is 0.490 e. The van der Waals surface area contributed by atoms with Crippen LogP contribution in [0.2, 0.25) is 5.02 Å². The summed E-state index contributed by atoms with van der Waals surface area (Å²) in [6, 6.07) is 3.45. The van der Waals surface area contributed by atoms with Crippen molar-refractivity contribution in [3.8, 4) is 11.5 Å². The quantitative estimate of drug-likeness (QED) is 0.508. The molecule has 3 N–H and O–H groups in total. The number of amides is 1. The smallest absolute Gasteiger partial charge is 0.283 e. The number of aromatic nitrogens is 1. The number of nitrogens with one attached hydrogen (secondary N) is 1. The molecular formula is C18H23ClN4O3S. The van der Waals surface area contributed by atoms with Crippen molar-refractivity contribution in [1.82, 2.24) is 10.4 Å². The molecule has 0 bridgehead atoms. The Balaban J connectivity index is 2.17. The van der Waals surface area contributed by atoms with Gasteiger partial charge >= 0.3 is 0 Å². The molecule has 0 unspecified atom stereocenters. The number of nitrogen functional groups attached to an aromatic ring is 1. The summed E-state index contributed by atoms with van der Waals surface area (Å²) in [7, 11) is 0. The Morgan fingerprint density at radius 1 is 1.44 bits per heavy atom. The number of rotatable bonds is 8. The lowest BCUT2D eigenvalue weighted by atomic mass is 10.2. The number of anilines is 1. The highest BCUT2D eigenvalue weighted by molar-refractivity contribution is 7.17. The molecule has 2 aromatic rings. The van der Waals surface area contributed by atoms with E-state index in [2.05, 4.69) is 15.5 Å². The molecule has 0 atom stereocenters. The van der Waals surface area contributed by atoms with Crippen LogP contribution >= 0.6 is 22.9 Å². The van der Waals surface area contributed by atoms with E-state index in [4.69, 9.17) is 26.8 Å². The summed E-state index contributed by atoms with van der Waals surface area (Å²) in [5.74, 6) is 0.658. The average molecular weight is 411 g/mol. The zero-order chi connectivity index (χ0) is 20.0. The molecule has 7 nitrogen and oxygen atoms in total. The van der Waals surface area contributed by atoms with Gasteiger partial charge in [0, 0.05) is 0 Å². The Morgan fingerprint density at radius 3 is 2.81 bits per heavy atom. The van der Waals surface area contributed by atoms with Crippen molar-refractivity contribution >= 4 is 40.2 Å². The van der Waals surface area contributed by atoms with Crippen molar-refractivity contribution in [3.63, 3.8) is 0 Å². The van der Waals surface area contributed by atoms with Crippen LogP contribution in [0.15, 0.2) is 17.2 Å². The molecule has 9 heteroatoms. The van der Waals surface area contributed by atoms with Gasteiger partial charge in [-0.05, 0) is 44.9 Å². The van der Waals surface area contributed by atoms with Crippen LogP contribution < -0.4 is 20.6 Å². The number of halogens is 1. The van der Waals surface area contributed by atoms with Gasteiger partial charge in [0.1, 0.15) is 4.88 Å². The number of nitrogens with zero attached hydrogens (tertiary/aromatic N) is 2. The van der Waals surface area contributed by atoms with E-state index in [0.717, 1.165) is 11.3 Å². The highest BCUT2D eigenvalue weighted by Crippen LogP contribution is 2.37. The minimum absolute atomic E-state index is 0.0416. The van der Waals surface area contributed by atoms with Crippen molar-refractivity contribution in [2.75, 3.05) is 12.3 Å². The second-order valence-electron chi connectivity index (χ2n) is 5.81. The summed E-state index contributed by atoms with van der Waals surface area (Å²) in [5.41, 5.74) is 9.48. The fraction of sp³-hybridized carbons (Fsp3) is 0.389. The molecule has 0 aliphatic heterocycles. The third-order valence-electron chi connectivity index (χ3n) is 3.32. The minimum atomic E-state index is -0.354. The predicted molar refractivity (Wildman–Crippen MR) is 109 cm³/mol. The molecule has 1 heterocycles. The van der Waals surface area contributed by atoms with Gasteiger partial charge in [0.05, 0.1) is 29.6 Å². The lowest BCUT2D eigenvalue weighted by Crippen LogP contribution is -2.17. The lowest BCUT2D eigenvalue weighted by molar-refractivity contribution is 0.0958. The van der Waals surface area contributed by atoms with Crippen molar-refractivity contribution in [2.45, 2.75) is 40.2 Å². The molecule has 146 valence electrons. The number of nitrogens with two attached hydrogens (primary N) is 1. The van der Waals surface area contributed by atoms with Gasteiger partial charge < -0.3 is 15.2 Å². The Hall–Kier alpha value is -2.32. The predicted octanol–water partition coefficient (Wildman–Crippen LogP) is 3.89. The van der Waals surface area contributed by atoms with Crippen LogP contribution in [0.3, 0.4) is 0 Å². The summed E-state index contributed by atoms with van der Waals surface area (Å²) >= 11 is 7.46. The first-order valence-electron chi connectivity index (χ1n) is 8.57. The maximum Gasteiger partial charge on any atom is 0.283 e. The Bertz CT molecular complexity index is 836. The number of aryl methyl sites for hydroxylation is 1. The van der Waals surface area contributed by atoms with E-state index >= 15 is 0 Å². The van der Waals surface area contributed by atoms with Crippen LogP contribution in [0, 0.1) is 0 Å². The number of hydrogen-bond acceptors (Lipinski definition) is 7. The molecule has 1 amide bonds. The van der Waals surface area contributed by atoms with Gasteiger partial charge in [0.2, 0.25) is 0 Å². The third-order valence-corrected chi connectivity index (χ3v) is 4.53. The number of benzene rings is 1. The molecular weight excluding hydrogens is 388 g/mol. The zero-order valence-electron chi connectivity index (χ0n) is 15.7. The third kappa shape index (κ3) is 5.58. The Labute approximate surface area is 167 Å². The fourth-order valence-corrected chi connectivity index (χ4v) is 3.35. The van der Waals surface area contributed by atoms with Crippen LogP contribution in [0.25, 0.3) is 0 Å². The van der Waals surface area contributed by atoms with Crippen LogP contribution in [0.1, 0.15) is 48.6 Å². The number of ether oxygens (including phenoxy) is 2. The molecule has 0 saturated heterocycles. The lowest BCUT2D eigenvalue weighted by Gasteiger charge is -2.16. The molecule has 27 heavy (non-hydrogen) atoms. The fourth-order valence-electron chi connectivity index (χ4n) is 2.28. The highest BCUT2D eigenvalue weighted by Gasteiger charge is 2.16. The number of thiazole rings is 1. The average Bonchev–Trinajstić information content (AvgIpc) is 2.99. The zero-order valence-corrected chi connectivity index (χ0v) is 17.3. The molecule has 0 saturated carbocycles. The monoisotopic (exact) mass is 410 g/mol. The van der Waals surface area contributed by atoms with Gasteiger partial charge in [-0.1, -0.05) is 29.9 Å². The molecule has 1 aromatic heterocycles. The first-order valence-corrected chi connectivity index (χ1v) is 9.76. The maximum atomic E-state index is 12.3. The van der Waals surface area contributed by atoms with E-state index in [-0.39, 0.29) is 12.0 Å². The number of hydrogen-bond donors (Lipinski definition) is 2. The summed E-state index contributed by atoms with van der Waals surface area (Å²) in [6.45, 7) is 8.07. The number of hydrazone groups is 1. The molecule has 0 spiro atoms. The van der Waals surface area contributed by atoms with E-state index in [1.807, 2.05) is 27.7 Å². The van der Waals surface area contributed by atoms with Gasteiger partial charge in [-0.3, -0.25) is 4.79 Å². The SMILES string of the molecule is CCOc1cc(/C=N\NC(=O)c2sc(N)nc2CC)cc(Cl)c1OC(C)C. The van der Waals surface area contributed by atoms with Crippen molar-refractivity contribution in [1.29, 1.82) is 0 Å². The van der Waals surface area contributed by atoms with Crippen LogP contribution in [-0.4, -0.2) is 29.8 Å². The molecule has 0 radical (unpaired) electrons. The van der Waals surface area contributed by atoms with Gasteiger partial charge in [0.25, 0.3) is 5.91 Å². The Kier molecular flexibility index (Phi) is 7.44. The minimum Gasteiger partial charge on any atom is -0.490 e. The Morgan fingerprint density at radius 2 is 2.19 bits per heavy atom. The molecule has 2 rings (SSSR count). The maximum absolute atomic E-state index is 12.3. The van der Waals surface area contributed by atoms with E-state index in [1.54, 1.807) is 12.1 Å². The standard InChI is InChI=1S/C18H23ClN4O3S/c1-5-13-16(27-18(20)22-13)17(24)23-21-9-11-7-12(19)15(26-10(3)4)14(8-11)25-6-2/h7-10H,5-6H2,1-4H3,(H2,20,22)(H,23,24)/b21-9-. The van der Waals surface area contributed by atoms with Crippen molar-refractivity contribution < 1.29 is 14.3 Å². The second-order valence-corrected chi connectivity index (χ2v) is 7.25. The summed E-state index contributed by atoms with van der Waals surface area (Å²) in [6.07, 6.45) is 2.06. The van der Waals surface area contributed by atoms with Crippen LogP contribution in [0.4, 0.5) is 5.13 Å². The van der Waals surface area contributed by atoms with Crippen LogP contribution in [0.5, 0.6) is 11.5 Å². The van der Waals surface area contributed by atoms with Crippen molar-refractivity contribution in [3.05, 3.63) is 33.3 Å². The molecule has 1 aromatic carbocycles. The van der Waals surface area contributed by atoms with Crippen LogP contribution in [-0.2, 0) is 6.42 Å². The molecule has 0 aliphatic rings. The second kappa shape index (κ2) is 9.57. The normalized spacial score (nSPS) is 11.2. The first kappa shape index (κ1) is 21.0. The summed E-state index contributed by atoms with van der Waals surface area (Å²) < 4.78 is 11.3. The summed E-state index contributed by atoms with van der Waals surface area (Å²) in [4.78, 5) is 16.8. The van der Waals surface area contributed by atoms with E-state index in [1.165, 1.54) is 6.21 Å². The van der Waals surface area contributed by atoms with E-state index < -0.39 is 0 Å². The number of carbonyl (C=O) groups is 1. The van der Waals surface area contributed by atoms with E-state index in [0.29, 0.717) is 50.8 Å². The van der Waals surface area contributed by atoms with Gasteiger partial charge in [-0.2, -0.15) is 5.10 Å². The summed E-state index contributed by atoms with van der Waals surface area (Å²) in [5, 5.41) is 4.76. The first-order chi connectivity index (χ1) is 12.8. The van der Waals surface area contributed by atoms with E-state index in [9.17, 15) is 4.79 Å². The molecule has 0 fully saturated rings. The van der Waals surface area contributed by atoms with Gasteiger partial charge in [0.15, 0.2) is 16.6 Å². The topological polar surface area (TPSA) is 98.8 Å². The highest BCUT2D eigenvalue weighted by atomic mass is 35.5. The molecule has 0 aliphatic carbocycles. The van der Waals surface area contributed by atoms with Gasteiger partial charge in [-0.15, -0.1) is 0 Å². The van der Waals surface area contributed by atoms with Gasteiger partial charge in [-0.25, -0.2) is 10.4 Å². The van der Waals surface area contributed by atoms with Crippen molar-refractivity contribution in [2.24, 2.45) is 5.10 Å².